The van der Waals surface area contributed by atoms with Gasteiger partial charge in [0.05, 0.1) is 6.20 Å². The van der Waals surface area contributed by atoms with Crippen molar-refractivity contribution in [3.63, 3.8) is 0 Å². The van der Waals surface area contributed by atoms with Crippen LogP contribution in [0.25, 0.3) is 0 Å². The van der Waals surface area contributed by atoms with Gasteiger partial charge in [-0.15, -0.1) is 5.11 Å². The first-order valence-corrected chi connectivity index (χ1v) is 6.32. The predicted molar refractivity (Wildman–Crippen MR) is 66.3 cm³/mol. The van der Waals surface area contributed by atoms with Gasteiger partial charge in [0, 0.05) is 33.3 Å². The monoisotopic (exact) mass is 269 g/mol. The highest BCUT2D eigenvalue weighted by Crippen LogP contribution is 2.29. The molecule has 0 aromatic heterocycles. The maximum atomic E-state index is 11.3. The third-order valence-corrected chi connectivity index (χ3v) is 3.06. The van der Waals surface area contributed by atoms with Gasteiger partial charge in [-0.2, -0.15) is 5.11 Å². The SMILES string of the molecule is COCC1(OC(C)=O)N=NC=C1NC1CCOCC1. The molecule has 0 spiro atoms. The number of carbonyl (C=O) groups is 1. The molecule has 1 atom stereocenters. The molecule has 0 aliphatic carbocycles. The van der Waals surface area contributed by atoms with Gasteiger partial charge in [0.2, 0.25) is 0 Å². The molecule has 19 heavy (non-hydrogen) atoms. The Labute approximate surface area is 112 Å². The van der Waals surface area contributed by atoms with Crippen LogP contribution in [0.2, 0.25) is 0 Å². The Morgan fingerprint density at radius 3 is 2.95 bits per heavy atom. The number of azo groups is 1. The Bertz CT molecular complexity index is 390. The van der Waals surface area contributed by atoms with Crippen molar-refractivity contribution >= 4 is 5.97 Å². The van der Waals surface area contributed by atoms with Crippen molar-refractivity contribution in [1.82, 2.24) is 5.32 Å². The number of nitrogens with one attached hydrogen (secondary N) is 1. The fourth-order valence-corrected chi connectivity index (χ4v) is 2.19. The first-order chi connectivity index (χ1) is 9.16. The van der Waals surface area contributed by atoms with E-state index in [0.29, 0.717) is 5.70 Å². The van der Waals surface area contributed by atoms with Crippen molar-refractivity contribution in [2.24, 2.45) is 10.2 Å². The second-order valence-electron chi connectivity index (χ2n) is 4.60. The minimum absolute atomic E-state index is 0.137. The number of rotatable bonds is 5. The van der Waals surface area contributed by atoms with Gasteiger partial charge < -0.3 is 19.5 Å². The van der Waals surface area contributed by atoms with Crippen LogP contribution in [0.3, 0.4) is 0 Å². The van der Waals surface area contributed by atoms with E-state index in [4.69, 9.17) is 14.2 Å². The highest BCUT2D eigenvalue weighted by molar-refractivity contribution is 5.67. The molecule has 7 nitrogen and oxygen atoms in total. The van der Waals surface area contributed by atoms with Crippen LogP contribution in [0.5, 0.6) is 0 Å². The second kappa shape index (κ2) is 6.12. The maximum Gasteiger partial charge on any atom is 0.305 e. The summed E-state index contributed by atoms with van der Waals surface area (Å²) >= 11 is 0. The molecule has 0 aromatic rings. The lowest BCUT2D eigenvalue weighted by Gasteiger charge is -2.31. The van der Waals surface area contributed by atoms with E-state index in [0.717, 1.165) is 26.1 Å². The van der Waals surface area contributed by atoms with Gasteiger partial charge in [0.25, 0.3) is 5.72 Å². The highest BCUT2D eigenvalue weighted by Gasteiger charge is 2.42. The molecule has 0 radical (unpaired) electrons. The molecule has 1 unspecified atom stereocenters. The Morgan fingerprint density at radius 2 is 2.32 bits per heavy atom. The van der Waals surface area contributed by atoms with E-state index in [1.54, 1.807) is 6.20 Å². The molecule has 2 aliphatic rings. The van der Waals surface area contributed by atoms with Gasteiger partial charge in [-0.05, 0) is 12.8 Å². The lowest BCUT2D eigenvalue weighted by atomic mass is 10.1. The van der Waals surface area contributed by atoms with Gasteiger partial charge in [0.15, 0.2) is 0 Å². The van der Waals surface area contributed by atoms with Crippen molar-refractivity contribution in [2.45, 2.75) is 31.5 Å². The van der Waals surface area contributed by atoms with Gasteiger partial charge in [-0.25, -0.2) is 0 Å². The summed E-state index contributed by atoms with van der Waals surface area (Å²) in [6, 6.07) is 0.273. The van der Waals surface area contributed by atoms with Crippen molar-refractivity contribution < 1.29 is 19.0 Å². The van der Waals surface area contributed by atoms with Crippen LogP contribution < -0.4 is 5.32 Å². The molecule has 0 saturated carbocycles. The van der Waals surface area contributed by atoms with Gasteiger partial charge in [-0.1, -0.05) is 0 Å². The second-order valence-corrected chi connectivity index (χ2v) is 4.60. The molecule has 0 bridgehead atoms. The number of carbonyl (C=O) groups excluding carboxylic acids is 1. The Morgan fingerprint density at radius 1 is 1.58 bits per heavy atom. The van der Waals surface area contributed by atoms with E-state index in [1.165, 1.54) is 14.0 Å². The van der Waals surface area contributed by atoms with Crippen molar-refractivity contribution in [1.29, 1.82) is 0 Å². The quantitative estimate of drug-likeness (QED) is 0.752. The zero-order chi connectivity index (χ0) is 13.7. The van der Waals surface area contributed by atoms with E-state index < -0.39 is 11.7 Å². The number of ether oxygens (including phenoxy) is 3. The van der Waals surface area contributed by atoms with Crippen LogP contribution in [-0.2, 0) is 19.0 Å². The van der Waals surface area contributed by atoms with E-state index in [-0.39, 0.29) is 12.6 Å². The summed E-state index contributed by atoms with van der Waals surface area (Å²) in [6.45, 7) is 2.93. The fraction of sp³-hybridized carbons (Fsp3) is 0.750. The van der Waals surface area contributed by atoms with E-state index in [9.17, 15) is 4.79 Å². The summed E-state index contributed by atoms with van der Waals surface area (Å²) in [6.07, 6.45) is 3.39. The Hall–Kier alpha value is -1.47. The van der Waals surface area contributed by atoms with Crippen LogP contribution >= 0.6 is 0 Å². The first-order valence-electron chi connectivity index (χ1n) is 6.32. The molecule has 0 aromatic carbocycles. The zero-order valence-corrected chi connectivity index (χ0v) is 11.2. The number of hydrogen-bond acceptors (Lipinski definition) is 7. The molecule has 7 heteroatoms. The summed E-state index contributed by atoms with van der Waals surface area (Å²) in [5.74, 6) is -0.419. The van der Waals surface area contributed by atoms with Gasteiger partial charge >= 0.3 is 5.97 Å². The number of hydrogen-bond donors (Lipinski definition) is 1. The standard InChI is InChI=1S/C12H19N3O4/c1-9(16)19-12(8-17-2)11(7-13-15-12)14-10-3-5-18-6-4-10/h7,10,14H,3-6,8H2,1-2H3. The first kappa shape index (κ1) is 14.0. The topological polar surface area (TPSA) is 81.5 Å². The predicted octanol–water partition coefficient (Wildman–Crippen LogP) is 0.968. The average molecular weight is 269 g/mol. The summed E-state index contributed by atoms with van der Waals surface area (Å²) in [4.78, 5) is 11.3. The summed E-state index contributed by atoms with van der Waals surface area (Å²) in [5, 5.41) is 11.2. The lowest BCUT2D eigenvalue weighted by molar-refractivity contribution is -0.157. The maximum absolute atomic E-state index is 11.3. The Balaban J connectivity index is 2.06. The molecule has 2 heterocycles. The highest BCUT2D eigenvalue weighted by atomic mass is 16.6. The molecule has 2 rings (SSSR count). The minimum Gasteiger partial charge on any atom is -0.427 e. The molecule has 1 N–H and O–H groups in total. The third-order valence-electron chi connectivity index (χ3n) is 3.06. The third kappa shape index (κ3) is 3.30. The van der Waals surface area contributed by atoms with Crippen molar-refractivity contribution in [3.8, 4) is 0 Å². The van der Waals surface area contributed by atoms with Crippen LogP contribution in [0.15, 0.2) is 22.1 Å². The van der Waals surface area contributed by atoms with E-state index in [1.807, 2.05) is 0 Å². The summed E-state index contributed by atoms with van der Waals surface area (Å²) < 4.78 is 15.7. The largest absolute Gasteiger partial charge is 0.427 e. The van der Waals surface area contributed by atoms with Crippen LogP contribution in [0, 0.1) is 0 Å². The molecule has 0 amide bonds. The van der Waals surface area contributed by atoms with E-state index in [2.05, 4.69) is 15.5 Å². The molecule has 2 aliphatic heterocycles. The molecule has 1 saturated heterocycles. The Kier molecular flexibility index (Phi) is 4.49. The normalized spacial score (nSPS) is 27.2. The molecular weight excluding hydrogens is 250 g/mol. The smallest absolute Gasteiger partial charge is 0.305 e. The van der Waals surface area contributed by atoms with Crippen LogP contribution in [-0.4, -0.2) is 44.7 Å². The summed E-state index contributed by atoms with van der Waals surface area (Å²) in [5.41, 5.74) is -0.504. The summed E-state index contributed by atoms with van der Waals surface area (Å²) in [7, 11) is 1.53. The molecule has 1 fully saturated rings. The van der Waals surface area contributed by atoms with Crippen LogP contribution in [0.4, 0.5) is 0 Å². The lowest BCUT2D eigenvalue weighted by Crippen LogP contribution is -2.46. The zero-order valence-electron chi connectivity index (χ0n) is 11.2. The van der Waals surface area contributed by atoms with Crippen molar-refractivity contribution in [2.75, 3.05) is 26.9 Å². The van der Waals surface area contributed by atoms with Gasteiger partial charge in [0.1, 0.15) is 12.3 Å². The number of esters is 1. The number of methoxy groups -OCH3 is 1. The van der Waals surface area contributed by atoms with Crippen molar-refractivity contribution in [3.05, 3.63) is 11.9 Å². The minimum atomic E-state index is -1.17. The average Bonchev–Trinajstić information content (AvgIpc) is 2.73. The van der Waals surface area contributed by atoms with Crippen LogP contribution in [0.1, 0.15) is 19.8 Å². The molecule has 106 valence electrons. The van der Waals surface area contributed by atoms with E-state index >= 15 is 0 Å². The number of nitrogens with zero attached hydrogens (tertiary/aromatic N) is 2. The fourth-order valence-electron chi connectivity index (χ4n) is 2.19. The van der Waals surface area contributed by atoms with Gasteiger partial charge in [-0.3, -0.25) is 4.79 Å². The molecular formula is C12H19N3O4.